The van der Waals surface area contributed by atoms with Gasteiger partial charge in [-0.15, -0.1) is 0 Å². The van der Waals surface area contributed by atoms with Gasteiger partial charge in [0.25, 0.3) is 0 Å². The van der Waals surface area contributed by atoms with E-state index < -0.39 is 0 Å². The lowest BCUT2D eigenvalue weighted by molar-refractivity contribution is 0.735. The molecule has 11 heavy (non-hydrogen) atoms. The van der Waals surface area contributed by atoms with Crippen LogP contribution in [-0.2, 0) is 7.05 Å². The van der Waals surface area contributed by atoms with Gasteiger partial charge in [-0.1, -0.05) is 12.2 Å². The van der Waals surface area contributed by atoms with Crippen LogP contribution >= 0.6 is 0 Å². The van der Waals surface area contributed by atoms with Gasteiger partial charge in [0.2, 0.25) is 0 Å². The summed E-state index contributed by atoms with van der Waals surface area (Å²) < 4.78 is 1.82. The first-order chi connectivity index (χ1) is 5.04. The average Bonchev–Trinajstić information content (AvgIpc) is 2.07. The molecule has 60 valence electrons. The third kappa shape index (κ3) is 1.20. The van der Waals surface area contributed by atoms with E-state index in [0.717, 1.165) is 11.0 Å². The number of hydrogen-bond acceptors (Lipinski definition) is 1. The van der Waals surface area contributed by atoms with E-state index in [9.17, 15) is 0 Å². The first-order valence-corrected chi connectivity index (χ1v) is 3.70. The van der Waals surface area contributed by atoms with E-state index in [0.29, 0.717) is 0 Å². The Morgan fingerprint density at radius 3 is 2.18 bits per heavy atom. The van der Waals surface area contributed by atoms with Crippen LogP contribution in [0.1, 0.15) is 19.5 Å². The molecule has 0 fully saturated rings. The summed E-state index contributed by atoms with van der Waals surface area (Å²) in [6, 6.07) is 0. The van der Waals surface area contributed by atoms with Crippen LogP contribution in [0.3, 0.4) is 0 Å². The number of aromatic nitrogens is 2. The highest BCUT2D eigenvalue weighted by Crippen LogP contribution is 1.85. The minimum absolute atomic E-state index is 1.00. The SMILES string of the molecule is C=c1c(=C(C)C)c(C)nn1C. The fourth-order valence-corrected chi connectivity index (χ4v) is 1.36. The van der Waals surface area contributed by atoms with Crippen LogP contribution in [0, 0.1) is 6.92 Å². The molecule has 0 amide bonds. The van der Waals surface area contributed by atoms with Gasteiger partial charge < -0.3 is 0 Å². The van der Waals surface area contributed by atoms with Crippen molar-refractivity contribution in [2.75, 3.05) is 0 Å². The van der Waals surface area contributed by atoms with Crippen LogP contribution in [0.2, 0.25) is 0 Å². The number of hydrogen-bond donors (Lipinski definition) is 0. The van der Waals surface area contributed by atoms with E-state index in [1.54, 1.807) is 0 Å². The van der Waals surface area contributed by atoms with Crippen molar-refractivity contribution in [1.82, 2.24) is 9.78 Å². The monoisotopic (exact) mass is 150 g/mol. The van der Waals surface area contributed by atoms with Gasteiger partial charge in [0.15, 0.2) is 0 Å². The van der Waals surface area contributed by atoms with Crippen molar-refractivity contribution >= 4 is 12.2 Å². The molecule has 0 atom stereocenters. The van der Waals surface area contributed by atoms with Crippen molar-refractivity contribution in [3.8, 4) is 0 Å². The van der Waals surface area contributed by atoms with Crippen molar-refractivity contribution < 1.29 is 0 Å². The molecule has 2 heteroatoms. The largest absolute Gasteiger partial charge is 0.268 e. The predicted octanol–water partition coefficient (Wildman–Crippen LogP) is 0.329. The summed E-state index contributed by atoms with van der Waals surface area (Å²) in [6.07, 6.45) is 0. The van der Waals surface area contributed by atoms with Gasteiger partial charge in [-0.05, 0) is 20.8 Å². The van der Waals surface area contributed by atoms with Crippen LogP contribution in [-0.4, -0.2) is 9.78 Å². The van der Waals surface area contributed by atoms with Gasteiger partial charge in [0, 0.05) is 12.3 Å². The van der Waals surface area contributed by atoms with E-state index in [2.05, 4.69) is 25.5 Å². The maximum absolute atomic E-state index is 4.27. The molecule has 0 N–H and O–H groups in total. The molecule has 0 aliphatic carbocycles. The fourth-order valence-electron chi connectivity index (χ4n) is 1.36. The Balaban J connectivity index is 3.76. The first kappa shape index (κ1) is 8.05. The summed E-state index contributed by atoms with van der Waals surface area (Å²) >= 11 is 0. The third-order valence-electron chi connectivity index (χ3n) is 1.84. The maximum atomic E-state index is 4.27. The normalized spacial score (nSPS) is 10.2. The summed E-state index contributed by atoms with van der Waals surface area (Å²) in [6.45, 7) is 10.1. The van der Waals surface area contributed by atoms with Gasteiger partial charge in [0.1, 0.15) is 0 Å². The molecule has 0 unspecified atom stereocenters. The zero-order valence-corrected chi connectivity index (χ0v) is 7.60. The van der Waals surface area contributed by atoms with Crippen molar-refractivity contribution in [3.63, 3.8) is 0 Å². The summed E-state index contributed by atoms with van der Waals surface area (Å²) in [4.78, 5) is 0. The molecule has 0 aliphatic rings. The molecule has 0 saturated carbocycles. The van der Waals surface area contributed by atoms with E-state index in [1.807, 2.05) is 18.7 Å². The molecular weight excluding hydrogens is 136 g/mol. The van der Waals surface area contributed by atoms with Gasteiger partial charge in [0.05, 0.1) is 11.0 Å². The fraction of sp³-hybridized carbons (Fsp3) is 0.444. The summed E-state index contributed by atoms with van der Waals surface area (Å²) in [5.74, 6) is 0. The Morgan fingerprint density at radius 1 is 1.45 bits per heavy atom. The topological polar surface area (TPSA) is 17.8 Å². The molecule has 0 aliphatic heterocycles. The Bertz CT molecular complexity index is 367. The second kappa shape index (κ2) is 2.53. The highest BCUT2D eigenvalue weighted by Gasteiger charge is 1.97. The molecule has 0 spiro atoms. The first-order valence-electron chi connectivity index (χ1n) is 3.70. The number of nitrogens with zero attached hydrogens (tertiary/aromatic N) is 2. The predicted molar refractivity (Wildman–Crippen MR) is 47.5 cm³/mol. The maximum Gasteiger partial charge on any atom is 0.0671 e. The van der Waals surface area contributed by atoms with Gasteiger partial charge >= 0.3 is 0 Å². The molecule has 0 aromatic carbocycles. The second-order valence-corrected chi connectivity index (χ2v) is 3.03. The minimum atomic E-state index is 1.00. The molecule has 0 bridgehead atoms. The van der Waals surface area contributed by atoms with Gasteiger partial charge in [-0.2, -0.15) is 5.10 Å². The molecule has 0 radical (unpaired) electrons. The van der Waals surface area contributed by atoms with Crippen LogP contribution in [0.25, 0.3) is 12.2 Å². The minimum Gasteiger partial charge on any atom is -0.268 e. The lowest BCUT2D eigenvalue weighted by Crippen LogP contribution is -2.28. The average molecular weight is 150 g/mol. The summed E-state index contributed by atoms with van der Waals surface area (Å²) in [5, 5.41) is 6.47. The van der Waals surface area contributed by atoms with Crippen LogP contribution in [0.15, 0.2) is 0 Å². The van der Waals surface area contributed by atoms with Gasteiger partial charge in [-0.3, -0.25) is 4.68 Å². The lowest BCUT2D eigenvalue weighted by atomic mass is 10.2. The van der Waals surface area contributed by atoms with Crippen molar-refractivity contribution in [2.45, 2.75) is 20.8 Å². The Kier molecular flexibility index (Phi) is 1.85. The molecule has 1 aromatic rings. The molecule has 2 nitrogen and oxygen atoms in total. The Labute approximate surface area is 66.8 Å². The highest BCUT2D eigenvalue weighted by atomic mass is 15.3. The summed E-state index contributed by atoms with van der Waals surface area (Å²) in [7, 11) is 1.92. The van der Waals surface area contributed by atoms with E-state index in [-0.39, 0.29) is 0 Å². The van der Waals surface area contributed by atoms with Crippen molar-refractivity contribution in [3.05, 3.63) is 16.3 Å². The molecule has 1 heterocycles. The smallest absolute Gasteiger partial charge is 0.0671 e. The number of aryl methyl sites for hydroxylation is 2. The van der Waals surface area contributed by atoms with Crippen molar-refractivity contribution in [1.29, 1.82) is 0 Å². The van der Waals surface area contributed by atoms with Gasteiger partial charge in [-0.25, -0.2) is 0 Å². The Hall–Kier alpha value is -1.05. The van der Waals surface area contributed by atoms with Crippen LogP contribution in [0.5, 0.6) is 0 Å². The zero-order chi connectivity index (χ0) is 8.59. The van der Waals surface area contributed by atoms with Crippen LogP contribution in [0.4, 0.5) is 0 Å². The quantitative estimate of drug-likeness (QED) is 0.521. The Morgan fingerprint density at radius 2 is 2.00 bits per heavy atom. The lowest BCUT2D eigenvalue weighted by Gasteiger charge is -1.86. The van der Waals surface area contributed by atoms with E-state index in [1.165, 1.54) is 10.8 Å². The zero-order valence-electron chi connectivity index (χ0n) is 7.60. The molecule has 1 aromatic heterocycles. The number of rotatable bonds is 0. The second-order valence-electron chi connectivity index (χ2n) is 3.03. The van der Waals surface area contributed by atoms with Crippen molar-refractivity contribution in [2.24, 2.45) is 7.05 Å². The molecule has 1 rings (SSSR count). The van der Waals surface area contributed by atoms with E-state index in [4.69, 9.17) is 0 Å². The van der Waals surface area contributed by atoms with Crippen LogP contribution < -0.4 is 10.6 Å². The van der Waals surface area contributed by atoms with E-state index >= 15 is 0 Å². The highest BCUT2D eigenvalue weighted by molar-refractivity contribution is 5.39. The summed E-state index contributed by atoms with van der Waals surface area (Å²) in [5.41, 5.74) is 2.35. The third-order valence-corrected chi connectivity index (χ3v) is 1.84. The molecule has 0 saturated heterocycles. The molecular formula is C9H14N2. The standard InChI is InChI=1S/C9H14N2/c1-6(2)9-7(3)10-11(5)8(9)4/h4H2,1-3,5H3.